The first-order valence-electron chi connectivity index (χ1n) is 8.08. The highest BCUT2D eigenvalue weighted by Gasteiger charge is 2.35. The van der Waals surface area contributed by atoms with E-state index < -0.39 is 36.2 Å². The number of amides is 1. The van der Waals surface area contributed by atoms with Gasteiger partial charge >= 0.3 is 12.1 Å². The van der Waals surface area contributed by atoms with Crippen molar-refractivity contribution in [1.82, 2.24) is 10.6 Å². The number of non-ortho nitro benzene ring substituents is 1. The number of dihydropyridines is 1. The molecule has 0 aromatic heterocycles. The summed E-state index contributed by atoms with van der Waals surface area (Å²) in [6, 6.07) is 4.94. The fourth-order valence-electron chi connectivity index (χ4n) is 2.91. The van der Waals surface area contributed by atoms with Crippen LogP contribution in [0.15, 0.2) is 46.9 Å². The summed E-state index contributed by atoms with van der Waals surface area (Å²) in [7, 11) is 0. The molecule has 0 saturated heterocycles. The Labute approximate surface area is 162 Å². The van der Waals surface area contributed by atoms with Gasteiger partial charge in [-0.25, -0.2) is 4.79 Å². The Morgan fingerprint density at radius 3 is 2.48 bits per heavy atom. The third-order valence-corrected chi connectivity index (χ3v) is 4.04. The van der Waals surface area contributed by atoms with E-state index in [1.54, 1.807) is 0 Å². The molecule has 9 nitrogen and oxygen atoms in total. The van der Waals surface area contributed by atoms with Crippen LogP contribution in [0.1, 0.15) is 18.4 Å². The molecule has 2 rings (SSSR count). The van der Waals surface area contributed by atoms with Crippen molar-refractivity contribution < 1.29 is 37.5 Å². The first-order valence-corrected chi connectivity index (χ1v) is 8.08. The van der Waals surface area contributed by atoms with Crippen LogP contribution in [0.25, 0.3) is 0 Å². The molecule has 1 aromatic carbocycles. The number of alkyl halides is 3. The molecule has 12 heteroatoms. The monoisotopic (exact) mass is 415 g/mol. The molecule has 1 aromatic rings. The van der Waals surface area contributed by atoms with Crippen LogP contribution < -0.4 is 10.6 Å². The number of nitrogens with zero attached hydrogens (tertiary/aromatic N) is 1. The fourth-order valence-corrected chi connectivity index (χ4v) is 2.91. The Morgan fingerprint density at radius 1 is 1.38 bits per heavy atom. The van der Waals surface area contributed by atoms with Gasteiger partial charge < -0.3 is 20.5 Å². The van der Waals surface area contributed by atoms with Gasteiger partial charge in [-0.15, -0.1) is 0 Å². The second kappa shape index (κ2) is 8.73. The topological polar surface area (TPSA) is 131 Å². The summed E-state index contributed by atoms with van der Waals surface area (Å²) in [5.74, 6) is -2.55. The van der Waals surface area contributed by atoms with Crippen LogP contribution in [0.3, 0.4) is 0 Å². The quantitative estimate of drug-likeness (QED) is 0.337. The van der Waals surface area contributed by atoms with E-state index in [9.17, 15) is 38.0 Å². The van der Waals surface area contributed by atoms with Gasteiger partial charge in [-0.2, -0.15) is 13.2 Å². The molecule has 0 radical (unpaired) electrons. The molecule has 3 N–H and O–H groups in total. The molecule has 1 aliphatic rings. The number of aliphatic carboxylic acids is 1. The number of hydrogen-bond donors (Lipinski definition) is 3. The zero-order valence-electron chi connectivity index (χ0n) is 14.9. The predicted octanol–water partition coefficient (Wildman–Crippen LogP) is 2.18. The van der Waals surface area contributed by atoms with Gasteiger partial charge in [-0.1, -0.05) is 12.1 Å². The van der Waals surface area contributed by atoms with E-state index >= 15 is 0 Å². The van der Waals surface area contributed by atoms with E-state index in [4.69, 9.17) is 0 Å². The molecule has 0 saturated carbocycles. The molecular formula is C17H16F3N3O6. The Morgan fingerprint density at radius 2 is 2.00 bits per heavy atom. The lowest BCUT2D eigenvalue weighted by molar-refractivity contribution is -0.384. The second-order valence-electron chi connectivity index (χ2n) is 6.01. The summed E-state index contributed by atoms with van der Waals surface area (Å²) in [6.07, 6.45) is -4.27. The highest BCUT2D eigenvalue weighted by Crippen LogP contribution is 2.37. The second-order valence-corrected chi connectivity index (χ2v) is 6.01. The average molecular weight is 415 g/mol. The van der Waals surface area contributed by atoms with Crippen molar-refractivity contribution in [2.75, 3.05) is 13.2 Å². The van der Waals surface area contributed by atoms with Gasteiger partial charge in [0.05, 0.1) is 28.7 Å². The van der Waals surface area contributed by atoms with Crippen LogP contribution in [0.5, 0.6) is 0 Å². The SMILES string of the molecule is CC1=C(NC=O)C(c2ccc([N+](=O)[O-])cc2)C(C(=O)O)=C(COCC(F)(F)F)N1. The highest BCUT2D eigenvalue weighted by atomic mass is 19.4. The van der Waals surface area contributed by atoms with Crippen molar-refractivity contribution in [1.29, 1.82) is 0 Å². The van der Waals surface area contributed by atoms with Crippen molar-refractivity contribution in [2.45, 2.75) is 19.0 Å². The van der Waals surface area contributed by atoms with Gasteiger partial charge in [0, 0.05) is 23.5 Å². The summed E-state index contributed by atoms with van der Waals surface area (Å²) in [5.41, 5.74) is 0.00584. The zero-order valence-corrected chi connectivity index (χ0v) is 14.9. The number of hydrogen-bond acceptors (Lipinski definition) is 6. The number of nitro groups is 1. The van der Waals surface area contributed by atoms with Crippen molar-refractivity contribution in [3.63, 3.8) is 0 Å². The Bertz CT molecular complexity index is 877. The molecule has 0 bridgehead atoms. The third kappa shape index (κ3) is 5.31. The zero-order chi connectivity index (χ0) is 21.8. The van der Waals surface area contributed by atoms with Crippen LogP contribution in [-0.2, 0) is 14.3 Å². The number of nitro benzene ring substituents is 1. The minimum absolute atomic E-state index is 0.126. The van der Waals surface area contributed by atoms with Crippen LogP contribution in [0.4, 0.5) is 18.9 Å². The van der Waals surface area contributed by atoms with Gasteiger partial charge in [0.15, 0.2) is 0 Å². The number of carboxylic acids is 1. The van der Waals surface area contributed by atoms with E-state index in [-0.39, 0.29) is 33.9 Å². The number of allylic oxidation sites excluding steroid dienone is 2. The number of carbonyl (C=O) groups is 2. The third-order valence-electron chi connectivity index (χ3n) is 4.04. The Hall–Kier alpha value is -3.41. The molecule has 0 aliphatic carbocycles. The van der Waals surface area contributed by atoms with E-state index in [0.29, 0.717) is 6.41 Å². The maximum atomic E-state index is 12.4. The molecule has 1 amide bonds. The molecule has 0 fully saturated rings. The van der Waals surface area contributed by atoms with E-state index in [1.807, 2.05) is 0 Å². The summed E-state index contributed by atoms with van der Waals surface area (Å²) < 4.78 is 41.7. The van der Waals surface area contributed by atoms with Gasteiger partial charge in [0.25, 0.3) is 5.69 Å². The number of nitrogens with one attached hydrogen (secondary N) is 2. The highest BCUT2D eigenvalue weighted by molar-refractivity contribution is 5.91. The summed E-state index contributed by atoms with van der Waals surface area (Å²) in [5, 5.41) is 25.6. The molecule has 29 heavy (non-hydrogen) atoms. The molecule has 156 valence electrons. The molecule has 1 aliphatic heterocycles. The van der Waals surface area contributed by atoms with Crippen LogP contribution >= 0.6 is 0 Å². The number of benzene rings is 1. The largest absolute Gasteiger partial charge is 0.478 e. The van der Waals surface area contributed by atoms with Crippen LogP contribution in [0, 0.1) is 10.1 Å². The summed E-state index contributed by atoms with van der Waals surface area (Å²) in [4.78, 5) is 33.1. The van der Waals surface area contributed by atoms with Crippen LogP contribution in [-0.4, -0.2) is 41.8 Å². The lowest BCUT2D eigenvalue weighted by Crippen LogP contribution is -2.36. The number of carbonyl (C=O) groups excluding carboxylic acids is 1. The van der Waals surface area contributed by atoms with Gasteiger partial charge in [-0.05, 0) is 12.5 Å². The lowest BCUT2D eigenvalue weighted by atomic mass is 9.83. The van der Waals surface area contributed by atoms with E-state index in [2.05, 4.69) is 15.4 Å². The smallest absolute Gasteiger partial charge is 0.411 e. The standard InChI is InChI=1S/C17H16F3N3O6/c1-9-15(21-8-24)13(10-2-4-11(5-3-10)23(27)28)14(16(25)26)12(22-9)6-29-7-17(18,19)20/h2-5,8,13,22H,6-7H2,1H3,(H,21,24)(H,25,26). The minimum atomic E-state index is -4.59. The van der Waals surface area contributed by atoms with Crippen molar-refractivity contribution in [3.8, 4) is 0 Å². The van der Waals surface area contributed by atoms with Gasteiger partial charge in [-0.3, -0.25) is 14.9 Å². The maximum absolute atomic E-state index is 12.4. The molecule has 0 spiro atoms. The predicted molar refractivity (Wildman–Crippen MR) is 92.4 cm³/mol. The summed E-state index contributed by atoms with van der Waals surface area (Å²) in [6.45, 7) is -0.752. The number of carboxylic acid groups (broad SMARTS) is 1. The van der Waals surface area contributed by atoms with Gasteiger partial charge in [0.1, 0.15) is 6.61 Å². The molecule has 1 heterocycles. The van der Waals surface area contributed by atoms with Crippen molar-refractivity contribution in [2.24, 2.45) is 0 Å². The normalized spacial score (nSPS) is 17.0. The van der Waals surface area contributed by atoms with Gasteiger partial charge in [0.2, 0.25) is 6.41 Å². The minimum Gasteiger partial charge on any atom is -0.478 e. The molecule has 1 atom stereocenters. The average Bonchev–Trinajstić information content (AvgIpc) is 2.62. The van der Waals surface area contributed by atoms with E-state index in [0.717, 1.165) is 12.1 Å². The van der Waals surface area contributed by atoms with Crippen LogP contribution in [0.2, 0.25) is 0 Å². The Balaban J connectivity index is 2.51. The van der Waals surface area contributed by atoms with Crippen molar-refractivity contribution in [3.05, 3.63) is 62.6 Å². The number of halogens is 3. The Kier molecular flexibility index (Phi) is 6.59. The van der Waals surface area contributed by atoms with Crippen molar-refractivity contribution >= 4 is 18.1 Å². The number of rotatable bonds is 8. The molecule has 1 unspecified atom stereocenters. The number of ether oxygens (including phenoxy) is 1. The first kappa shape index (κ1) is 21.9. The lowest BCUT2D eigenvalue weighted by Gasteiger charge is -2.31. The fraction of sp³-hybridized carbons (Fsp3) is 0.294. The maximum Gasteiger partial charge on any atom is 0.411 e. The van der Waals surface area contributed by atoms with E-state index in [1.165, 1.54) is 19.1 Å². The first-order chi connectivity index (χ1) is 13.5. The summed E-state index contributed by atoms with van der Waals surface area (Å²) >= 11 is 0. The molecular weight excluding hydrogens is 399 g/mol.